The molecule has 0 saturated carbocycles. The topological polar surface area (TPSA) is 79.4 Å². The molecule has 9 heteroatoms. The van der Waals surface area contributed by atoms with Crippen LogP contribution in [0, 0.1) is 0 Å². The zero-order chi connectivity index (χ0) is 21.0. The maximum absolute atomic E-state index is 12.4. The van der Waals surface area contributed by atoms with Gasteiger partial charge in [-0.3, -0.25) is 14.1 Å². The van der Waals surface area contributed by atoms with Gasteiger partial charge < -0.3 is 5.32 Å². The van der Waals surface area contributed by atoms with Crippen molar-refractivity contribution < 1.29 is 13.2 Å². The van der Waals surface area contributed by atoms with Gasteiger partial charge in [0.15, 0.2) is 0 Å². The summed E-state index contributed by atoms with van der Waals surface area (Å²) in [4.78, 5) is 16.3. The first-order chi connectivity index (χ1) is 13.8. The van der Waals surface area contributed by atoms with E-state index in [4.69, 9.17) is 23.2 Å². The summed E-state index contributed by atoms with van der Waals surface area (Å²) in [7, 11) is -3.62. The smallest absolute Gasteiger partial charge is 0.255 e. The van der Waals surface area contributed by atoms with Crippen molar-refractivity contribution >= 4 is 50.5 Å². The quantitative estimate of drug-likeness (QED) is 0.595. The van der Waals surface area contributed by atoms with Gasteiger partial charge in [0.2, 0.25) is 10.0 Å². The summed E-state index contributed by atoms with van der Waals surface area (Å²) in [5.74, 6) is -0.329. The van der Waals surface area contributed by atoms with Gasteiger partial charge in [-0.2, -0.15) is 0 Å². The molecule has 0 fully saturated rings. The van der Waals surface area contributed by atoms with Crippen LogP contribution in [0.5, 0.6) is 0 Å². The molecule has 0 aliphatic carbocycles. The highest BCUT2D eigenvalue weighted by Crippen LogP contribution is 2.29. The van der Waals surface area contributed by atoms with E-state index in [0.29, 0.717) is 32.5 Å². The molecule has 3 rings (SSSR count). The van der Waals surface area contributed by atoms with E-state index in [2.05, 4.69) is 10.3 Å². The van der Waals surface area contributed by atoms with E-state index < -0.39 is 10.0 Å². The average molecular weight is 450 g/mol. The highest BCUT2D eigenvalue weighted by atomic mass is 35.5. The standard InChI is InChI=1S/C20H17Cl2N3O3S/c1-29(27,28)25(13-17-18(21)5-2-6-19(17)22)16-9-7-14(8-10-16)20(26)24-15-4-3-11-23-12-15/h2-12H,13H2,1H3,(H,24,26). The Hall–Kier alpha value is -2.61. The molecule has 0 spiro atoms. The Labute approximate surface area is 179 Å². The minimum Gasteiger partial charge on any atom is -0.321 e. The van der Waals surface area contributed by atoms with E-state index in [9.17, 15) is 13.2 Å². The fourth-order valence-electron chi connectivity index (χ4n) is 2.65. The van der Waals surface area contributed by atoms with Crippen molar-refractivity contribution in [3.8, 4) is 0 Å². The predicted octanol–water partition coefficient (Wildman–Crippen LogP) is 4.61. The third-order valence-corrected chi connectivity index (χ3v) is 5.95. The van der Waals surface area contributed by atoms with E-state index in [1.165, 1.54) is 10.5 Å². The maximum atomic E-state index is 12.4. The third kappa shape index (κ3) is 5.26. The molecule has 0 aliphatic heterocycles. The molecule has 150 valence electrons. The second-order valence-corrected chi connectivity index (χ2v) is 8.93. The zero-order valence-corrected chi connectivity index (χ0v) is 17.7. The van der Waals surface area contributed by atoms with Crippen molar-refractivity contribution in [3.05, 3.63) is 88.2 Å². The molecule has 1 amide bonds. The highest BCUT2D eigenvalue weighted by Gasteiger charge is 2.21. The minimum absolute atomic E-state index is 0.0292. The number of carbonyl (C=O) groups is 1. The lowest BCUT2D eigenvalue weighted by molar-refractivity contribution is 0.102. The lowest BCUT2D eigenvalue weighted by Gasteiger charge is -2.23. The molecule has 1 heterocycles. The number of amides is 1. The Morgan fingerprint density at radius 3 is 2.24 bits per heavy atom. The summed E-state index contributed by atoms with van der Waals surface area (Å²) < 4.78 is 25.9. The Morgan fingerprint density at radius 1 is 1.03 bits per heavy atom. The van der Waals surface area contributed by atoms with Crippen LogP contribution in [-0.4, -0.2) is 25.6 Å². The van der Waals surface area contributed by atoms with Gasteiger partial charge in [0.25, 0.3) is 5.91 Å². The monoisotopic (exact) mass is 449 g/mol. The van der Waals surface area contributed by atoms with Gasteiger partial charge in [-0.05, 0) is 48.5 Å². The van der Waals surface area contributed by atoms with Crippen LogP contribution in [0.3, 0.4) is 0 Å². The number of carbonyl (C=O) groups excluding carboxylic acids is 1. The van der Waals surface area contributed by atoms with Crippen molar-refractivity contribution in [2.24, 2.45) is 0 Å². The van der Waals surface area contributed by atoms with Gasteiger partial charge in [0.05, 0.1) is 30.4 Å². The second kappa shape index (κ2) is 8.82. The Bertz CT molecular complexity index is 1100. The minimum atomic E-state index is -3.62. The lowest BCUT2D eigenvalue weighted by atomic mass is 10.1. The number of sulfonamides is 1. The molecular weight excluding hydrogens is 433 g/mol. The first-order valence-electron chi connectivity index (χ1n) is 8.48. The fraction of sp³-hybridized carbons (Fsp3) is 0.100. The number of anilines is 2. The van der Waals surface area contributed by atoms with Gasteiger partial charge >= 0.3 is 0 Å². The molecule has 0 radical (unpaired) electrons. The number of nitrogens with one attached hydrogen (secondary N) is 1. The molecule has 2 aromatic carbocycles. The Balaban J connectivity index is 1.85. The summed E-state index contributed by atoms with van der Waals surface area (Å²) in [5.41, 5.74) is 1.83. The molecular formula is C20H17Cl2N3O3S. The van der Waals surface area contributed by atoms with Crippen LogP contribution >= 0.6 is 23.2 Å². The summed E-state index contributed by atoms with van der Waals surface area (Å²) in [6, 6.07) is 14.6. The van der Waals surface area contributed by atoms with Crippen LogP contribution in [-0.2, 0) is 16.6 Å². The molecule has 1 N–H and O–H groups in total. The number of hydrogen-bond donors (Lipinski definition) is 1. The summed E-state index contributed by atoms with van der Waals surface area (Å²) in [6.45, 7) is -0.0292. The van der Waals surface area contributed by atoms with Crippen molar-refractivity contribution in [2.45, 2.75) is 6.54 Å². The lowest BCUT2D eigenvalue weighted by Crippen LogP contribution is -2.29. The highest BCUT2D eigenvalue weighted by molar-refractivity contribution is 7.92. The van der Waals surface area contributed by atoms with Crippen LogP contribution in [0.2, 0.25) is 10.0 Å². The first kappa shape index (κ1) is 21.1. The normalized spacial score (nSPS) is 11.1. The maximum Gasteiger partial charge on any atom is 0.255 e. The number of hydrogen-bond acceptors (Lipinski definition) is 4. The molecule has 29 heavy (non-hydrogen) atoms. The second-order valence-electron chi connectivity index (χ2n) is 6.21. The number of benzene rings is 2. The van der Waals surface area contributed by atoms with Gasteiger partial charge in [0.1, 0.15) is 0 Å². The van der Waals surface area contributed by atoms with Crippen LogP contribution in [0.25, 0.3) is 0 Å². The van der Waals surface area contributed by atoms with E-state index in [0.717, 1.165) is 6.26 Å². The number of nitrogens with zero attached hydrogens (tertiary/aromatic N) is 2. The van der Waals surface area contributed by atoms with Gasteiger partial charge in [-0.25, -0.2) is 8.42 Å². The summed E-state index contributed by atoms with van der Waals surface area (Å²) >= 11 is 12.4. The molecule has 1 aromatic heterocycles. The van der Waals surface area contributed by atoms with Crippen LogP contribution in [0.4, 0.5) is 11.4 Å². The van der Waals surface area contributed by atoms with E-state index in [-0.39, 0.29) is 12.5 Å². The number of halogens is 2. The molecule has 0 saturated heterocycles. The Morgan fingerprint density at radius 2 is 1.69 bits per heavy atom. The summed E-state index contributed by atoms with van der Waals surface area (Å²) in [5, 5.41) is 3.47. The molecule has 0 bridgehead atoms. The number of pyridine rings is 1. The fourth-order valence-corrected chi connectivity index (χ4v) is 4.03. The third-order valence-electron chi connectivity index (χ3n) is 4.10. The number of rotatable bonds is 6. The van der Waals surface area contributed by atoms with Crippen LogP contribution < -0.4 is 9.62 Å². The van der Waals surface area contributed by atoms with Crippen LogP contribution in [0.1, 0.15) is 15.9 Å². The SMILES string of the molecule is CS(=O)(=O)N(Cc1c(Cl)cccc1Cl)c1ccc(C(=O)Nc2cccnc2)cc1. The van der Waals surface area contributed by atoms with E-state index >= 15 is 0 Å². The molecule has 6 nitrogen and oxygen atoms in total. The average Bonchev–Trinajstić information content (AvgIpc) is 2.68. The van der Waals surface area contributed by atoms with E-state index in [1.54, 1.807) is 60.8 Å². The predicted molar refractivity (Wildman–Crippen MR) is 116 cm³/mol. The van der Waals surface area contributed by atoms with Gasteiger partial charge in [-0.15, -0.1) is 0 Å². The molecule has 0 atom stereocenters. The molecule has 0 unspecified atom stereocenters. The molecule has 3 aromatic rings. The van der Waals surface area contributed by atoms with E-state index in [1.807, 2.05) is 0 Å². The summed E-state index contributed by atoms with van der Waals surface area (Å²) in [6.07, 6.45) is 4.24. The van der Waals surface area contributed by atoms with Crippen molar-refractivity contribution in [2.75, 3.05) is 15.9 Å². The van der Waals surface area contributed by atoms with Gasteiger partial charge in [0, 0.05) is 27.4 Å². The largest absolute Gasteiger partial charge is 0.321 e. The zero-order valence-electron chi connectivity index (χ0n) is 15.3. The van der Waals surface area contributed by atoms with Crippen molar-refractivity contribution in [1.82, 2.24) is 4.98 Å². The number of aromatic nitrogens is 1. The van der Waals surface area contributed by atoms with Gasteiger partial charge in [-0.1, -0.05) is 29.3 Å². The molecule has 0 aliphatic rings. The van der Waals surface area contributed by atoms with Crippen LogP contribution in [0.15, 0.2) is 67.0 Å². The van der Waals surface area contributed by atoms with Crippen molar-refractivity contribution in [3.63, 3.8) is 0 Å². The first-order valence-corrected chi connectivity index (χ1v) is 11.1. The Kier molecular flexibility index (Phi) is 6.42. The van der Waals surface area contributed by atoms with Crippen molar-refractivity contribution in [1.29, 1.82) is 0 Å².